The second-order valence-corrected chi connectivity index (χ2v) is 8.28. The zero-order valence-electron chi connectivity index (χ0n) is 16.3. The van der Waals surface area contributed by atoms with Crippen molar-refractivity contribution in [3.63, 3.8) is 0 Å². The molecule has 0 bridgehead atoms. The Bertz CT molecular complexity index is 625. The monoisotopic (exact) mass is 418 g/mol. The van der Waals surface area contributed by atoms with Crippen LogP contribution in [0.5, 0.6) is 0 Å². The summed E-state index contributed by atoms with van der Waals surface area (Å²) in [4.78, 5) is 17.5. The quantitative estimate of drug-likeness (QED) is 0.786. The minimum absolute atomic E-state index is 0. The van der Waals surface area contributed by atoms with Crippen molar-refractivity contribution < 1.29 is 4.79 Å². The third-order valence-corrected chi connectivity index (χ3v) is 6.61. The van der Waals surface area contributed by atoms with E-state index in [4.69, 9.17) is 0 Å². The van der Waals surface area contributed by atoms with E-state index in [1.54, 1.807) is 6.33 Å². The van der Waals surface area contributed by atoms with Crippen LogP contribution in [0.2, 0.25) is 0 Å². The van der Waals surface area contributed by atoms with E-state index in [0.29, 0.717) is 17.2 Å². The molecule has 154 valence electrons. The summed E-state index contributed by atoms with van der Waals surface area (Å²) in [6.07, 6.45) is 7.18. The lowest BCUT2D eigenvalue weighted by Crippen LogP contribution is -2.47. The lowest BCUT2D eigenvalue weighted by Gasteiger charge is -2.35. The molecular weight excluding hydrogens is 387 g/mol. The average Bonchev–Trinajstić information content (AvgIpc) is 3.18. The van der Waals surface area contributed by atoms with Gasteiger partial charge in [0.25, 0.3) is 0 Å². The Morgan fingerprint density at radius 3 is 2.44 bits per heavy atom. The highest BCUT2D eigenvalue weighted by atomic mass is 35.5. The molecule has 1 aromatic heterocycles. The van der Waals surface area contributed by atoms with Crippen molar-refractivity contribution in [2.45, 2.75) is 44.1 Å². The number of amides is 1. The number of likely N-dealkylation sites (tertiary alicyclic amines) is 2. The van der Waals surface area contributed by atoms with Crippen LogP contribution in [0.15, 0.2) is 6.33 Å². The van der Waals surface area contributed by atoms with Crippen LogP contribution in [0.1, 0.15) is 43.8 Å². The van der Waals surface area contributed by atoms with Gasteiger partial charge in [-0.1, -0.05) is 0 Å². The number of carbonyl (C=O) groups is 1. The van der Waals surface area contributed by atoms with Crippen LogP contribution in [0, 0.1) is 5.41 Å². The molecule has 0 aromatic carbocycles. The number of nitrogens with one attached hydrogen (secondary N) is 1. The topological polar surface area (TPSA) is 66.3 Å². The summed E-state index contributed by atoms with van der Waals surface area (Å²) in [5, 5.41) is 11.7. The van der Waals surface area contributed by atoms with E-state index >= 15 is 0 Å². The summed E-state index contributed by atoms with van der Waals surface area (Å²) in [5.41, 5.74) is 0.358. The first-order valence-corrected chi connectivity index (χ1v) is 9.62. The van der Waals surface area contributed by atoms with E-state index < -0.39 is 0 Å². The Morgan fingerprint density at radius 1 is 1.19 bits per heavy atom. The molecule has 27 heavy (non-hydrogen) atoms. The second-order valence-electron chi connectivity index (χ2n) is 8.28. The minimum atomic E-state index is 0. The van der Waals surface area contributed by atoms with Crippen molar-refractivity contribution in [3.05, 3.63) is 12.2 Å². The number of hydrogen-bond acceptors (Lipinski definition) is 5. The number of nitrogens with zero attached hydrogens (tertiary/aromatic N) is 5. The number of aryl methyl sites for hydroxylation is 1. The maximum absolute atomic E-state index is 13.1. The smallest absolute Gasteiger partial charge is 0.239 e. The molecule has 4 heterocycles. The Balaban J connectivity index is 0.00000131. The van der Waals surface area contributed by atoms with Crippen molar-refractivity contribution in [1.82, 2.24) is 29.9 Å². The van der Waals surface area contributed by atoms with Gasteiger partial charge in [-0.15, -0.1) is 35.0 Å². The van der Waals surface area contributed by atoms with Crippen molar-refractivity contribution in [1.29, 1.82) is 0 Å². The van der Waals surface area contributed by atoms with Gasteiger partial charge in [-0.2, -0.15) is 0 Å². The van der Waals surface area contributed by atoms with Crippen LogP contribution >= 0.6 is 24.8 Å². The summed E-state index contributed by atoms with van der Waals surface area (Å²) >= 11 is 0. The fourth-order valence-corrected chi connectivity index (χ4v) is 5.10. The maximum Gasteiger partial charge on any atom is 0.239 e. The fourth-order valence-electron chi connectivity index (χ4n) is 5.10. The molecule has 1 atom stereocenters. The molecule has 1 spiro atoms. The van der Waals surface area contributed by atoms with Crippen LogP contribution in [0.25, 0.3) is 0 Å². The molecule has 0 saturated carbocycles. The van der Waals surface area contributed by atoms with Gasteiger partial charge in [-0.05, 0) is 57.7 Å². The highest BCUT2D eigenvalue weighted by molar-refractivity contribution is 5.85. The van der Waals surface area contributed by atoms with Gasteiger partial charge >= 0.3 is 0 Å². The van der Waals surface area contributed by atoms with Crippen LogP contribution in [0.4, 0.5) is 0 Å². The highest BCUT2D eigenvalue weighted by Crippen LogP contribution is 2.42. The minimum Gasteiger partial charge on any atom is -0.341 e. The van der Waals surface area contributed by atoms with E-state index in [0.717, 1.165) is 57.8 Å². The van der Waals surface area contributed by atoms with E-state index in [-0.39, 0.29) is 30.9 Å². The van der Waals surface area contributed by atoms with Gasteiger partial charge < -0.3 is 14.8 Å². The number of rotatable bonds is 2. The van der Waals surface area contributed by atoms with Gasteiger partial charge in [0.05, 0.1) is 6.04 Å². The number of halogens is 2. The normalized spacial score (nSPS) is 25.9. The van der Waals surface area contributed by atoms with Gasteiger partial charge in [0.15, 0.2) is 0 Å². The van der Waals surface area contributed by atoms with E-state index in [9.17, 15) is 4.79 Å². The zero-order chi connectivity index (χ0) is 17.4. The van der Waals surface area contributed by atoms with Crippen LogP contribution in [0.3, 0.4) is 0 Å². The molecule has 0 radical (unpaired) electrons. The Labute approximate surface area is 174 Å². The molecule has 3 saturated heterocycles. The first kappa shape index (κ1) is 22.4. The summed E-state index contributed by atoms with van der Waals surface area (Å²) in [6, 6.07) is 0.0736. The number of piperidine rings is 2. The number of carbonyl (C=O) groups excluding carboxylic acids is 1. The number of likely N-dealkylation sites (N-methyl/N-ethyl adjacent to an activating group) is 1. The predicted octanol–water partition coefficient (Wildman–Crippen LogP) is 1.44. The van der Waals surface area contributed by atoms with Gasteiger partial charge in [-0.3, -0.25) is 9.69 Å². The Kier molecular flexibility index (Phi) is 7.53. The average molecular weight is 419 g/mol. The molecule has 0 aliphatic carbocycles. The third-order valence-electron chi connectivity index (χ3n) is 6.61. The SMILES string of the molecule is CN1CC2(CCNCC2)CC1C(=O)N1CCC(c2nncn2C)CC1.Cl.Cl. The van der Waals surface area contributed by atoms with Gasteiger partial charge in [-0.25, -0.2) is 0 Å². The standard InChI is InChI=1S/C18H30N6O.2ClH/c1-22-12-18(5-7-19-8-6-18)11-15(22)17(25)24-9-3-14(4-10-24)16-21-20-13-23(16)2;;/h13-15,19H,3-12H2,1-2H3;2*1H. The third kappa shape index (κ3) is 4.42. The molecule has 9 heteroatoms. The maximum atomic E-state index is 13.1. The lowest BCUT2D eigenvalue weighted by molar-refractivity contribution is -0.136. The van der Waals surface area contributed by atoms with Crippen LogP contribution in [-0.4, -0.2) is 76.3 Å². The zero-order valence-corrected chi connectivity index (χ0v) is 17.9. The molecule has 7 nitrogen and oxygen atoms in total. The second kappa shape index (κ2) is 9.07. The summed E-state index contributed by atoms with van der Waals surface area (Å²) in [7, 11) is 4.13. The van der Waals surface area contributed by atoms with E-state index in [1.165, 1.54) is 12.8 Å². The van der Waals surface area contributed by atoms with Crippen molar-refractivity contribution in [3.8, 4) is 0 Å². The molecule has 3 fully saturated rings. The van der Waals surface area contributed by atoms with Crippen molar-refractivity contribution in [2.24, 2.45) is 12.5 Å². The Hall–Kier alpha value is -0.890. The molecule has 1 aromatic rings. The fraction of sp³-hybridized carbons (Fsp3) is 0.833. The summed E-state index contributed by atoms with van der Waals surface area (Å²) in [6.45, 7) is 4.95. The van der Waals surface area contributed by atoms with E-state index in [2.05, 4.69) is 32.4 Å². The molecule has 1 amide bonds. The van der Waals surface area contributed by atoms with Gasteiger partial charge in [0, 0.05) is 32.6 Å². The number of aromatic nitrogens is 3. The largest absolute Gasteiger partial charge is 0.341 e. The molecule has 1 N–H and O–H groups in total. The van der Waals surface area contributed by atoms with Gasteiger partial charge in [0.1, 0.15) is 12.2 Å². The highest BCUT2D eigenvalue weighted by Gasteiger charge is 2.46. The summed E-state index contributed by atoms with van der Waals surface area (Å²) in [5.74, 6) is 1.82. The van der Waals surface area contributed by atoms with Crippen molar-refractivity contribution >= 4 is 30.7 Å². The van der Waals surface area contributed by atoms with E-state index in [1.807, 2.05) is 11.6 Å². The Morgan fingerprint density at radius 2 is 1.85 bits per heavy atom. The summed E-state index contributed by atoms with van der Waals surface area (Å²) < 4.78 is 2.01. The van der Waals surface area contributed by atoms with Gasteiger partial charge in [0.2, 0.25) is 5.91 Å². The van der Waals surface area contributed by atoms with Crippen LogP contribution < -0.4 is 5.32 Å². The van der Waals surface area contributed by atoms with Crippen LogP contribution in [-0.2, 0) is 11.8 Å². The molecule has 3 aliphatic heterocycles. The first-order chi connectivity index (χ1) is 12.1. The van der Waals surface area contributed by atoms with Crippen molar-refractivity contribution in [2.75, 3.05) is 39.8 Å². The molecular formula is C18H32Cl2N6O. The molecule has 4 rings (SSSR count). The molecule has 3 aliphatic rings. The first-order valence-electron chi connectivity index (χ1n) is 9.62. The molecule has 1 unspecified atom stereocenters. The lowest BCUT2D eigenvalue weighted by atomic mass is 9.77. The predicted molar refractivity (Wildman–Crippen MR) is 110 cm³/mol. The number of hydrogen-bond donors (Lipinski definition) is 1.